The molecule has 1 heteroatoms. The fraction of sp³-hybridized carbons (Fsp3) is 0.917. The first-order valence-electron chi connectivity index (χ1n) is 5.58. The van der Waals surface area contributed by atoms with Crippen LogP contribution in [-0.2, 0) is 4.79 Å². The molecule has 0 rings (SSSR count). The smallest absolute Gasteiger partial charge is 0.132 e. The van der Waals surface area contributed by atoms with E-state index >= 15 is 0 Å². The van der Waals surface area contributed by atoms with E-state index in [9.17, 15) is 4.79 Å². The van der Waals surface area contributed by atoms with Gasteiger partial charge in [0.15, 0.2) is 0 Å². The lowest BCUT2D eigenvalue weighted by atomic mass is 9.94. The second kappa shape index (κ2) is 7.11. The van der Waals surface area contributed by atoms with Crippen molar-refractivity contribution >= 4 is 5.78 Å². The highest BCUT2D eigenvalue weighted by Gasteiger charge is 2.06. The summed E-state index contributed by atoms with van der Waals surface area (Å²) in [6.45, 7) is 8.71. The van der Waals surface area contributed by atoms with Gasteiger partial charge in [0.2, 0.25) is 0 Å². The fourth-order valence-electron chi connectivity index (χ4n) is 1.35. The zero-order valence-corrected chi connectivity index (χ0v) is 9.60. The number of rotatable bonds is 7. The van der Waals surface area contributed by atoms with Gasteiger partial charge in [-0.3, -0.25) is 4.79 Å². The summed E-state index contributed by atoms with van der Waals surface area (Å²) in [5.41, 5.74) is 0. The van der Waals surface area contributed by atoms with Crippen molar-refractivity contribution in [1.29, 1.82) is 0 Å². The third kappa shape index (κ3) is 8.01. The van der Waals surface area contributed by atoms with Crippen molar-refractivity contribution in [1.82, 2.24) is 0 Å². The van der Waals surface area contributed by atoms with Crippen LogP contribution in [0, 0.1) is 11.8 Å². The molecule has 0 radical (unpaired) electrons. The number of hydrogen-bond donors (Lipinski definition) is 0. The molecule has 1 atom stereocenters. The maximum atomic E-state index is 11.1. The van der Waals surface area contributed by atoms with Crippen LogP contribution in [0.4, 0.5) is 0 Å². The predicted molar refractivity (Wildman–Crippen MR) is 57.8 cm³/mol. The highest BCUT2D eigenvalue weighted by Crippen LogP contribution is 2.16. The number of carbonyl (C=O) groups is 1. The maximum absolute atomic E-state index is 11.1. The lowest BCUT2D eigenvalue weighted by molar-refractivity contribution is -0.119. The standard InChI is InChI=1S/C12H24O/c1-5-12(13)9-8-11(4)7-6-10(2)3/h10-11H,5-9H2,1-4H3. The minimum atomic E-state index is 0.413. The molecule has 0 fully saturated rings. The van der Waals surface area contributed by atoms with Gasteiger partial charge >= 0.3 is 0 Å². The van der Waals surface area contributed by atoms with Crippen molar-refractivity contribution in [2.24, 2.45) is 11.8 Å². The van der Waals surface area contributed by atoms with E-state index in [-0.39, 0.29) is 0 Å². The van der Waals surface area contributed by atoms with E-state index in [1.807, 2.05) is 6.92 Å². The Morgan fingerprint density at radius 1 is 1.08 bits per heavy atom. The summed E-state index contributed by atoms with van der Waals surface area (Å²) in [7, 11) is 0. The maximum Gasteiger partial charge on any atom is 0.132 e. The quantitative estimate of drug-likeness (QED) is 0.588. The Morgan fingerprint density at radius 2 is 1.69 bits per heavy atom. The third-order valence-corrected chi connectivity index (χ3v) is 2.55. The van der Waals surface area contributed by atoms with Gasteiger partial charge in [-0.05, 0) is 18.3 Å². The molecular formula is C12H24O. The molecule has 0 bridgehead atoms. The van der Waals surface area contributed by atoms with Gasteiger partial charge in [-0.15, -0.1) is 0 Å². The van der Waals surface area contributed by atoms with Crippen molar-refractivity contribution in [2.75, 3.05) is 0 Å². The molecule has 0 N–H and O–H groups in total. The van der Waals surface area contributed by atoms with E-state index in [2.05, 4.69) is 20.8 Å². The van der Waals surface area contributed by atoms with Crippen molar-refractivity contribution in [3.05, 3.63) is 0 Å². The molecule has 0 spiro atoms. The van der Waals surface area contributed by atoms with Crippen molar-refractivity contribution < 1.29 is 4.79 Å². The van der Waals surface area contributed by atoms with E-state index in [0.717, 1.165) is 24.7 Å². The number of Topliss-reactive ketones (excluding diaryl/α,β-unsaturated/α-hetero) is 1. The molecule has 1 nitrogen and oxygen atoms in total. The van der Waals surface area contributed by atoms with Crippen molar-refractivity contribution in [3.63, 3.8) is 0 Å². The van der Waals surface area contributed by atoms with Gasteiger partial charge in [-0.1, -0.05) is 40.5 Å². The second-order valence-electron chi connectivity index (χ2n) is 4.51. The Kier molecular flexibility index (Phi) is 6.93. The summed E-state index contributed by atoms with van der Waals surface area (Å²) in [5.74, 6) is 1.93. The summed E-state index contributed by atoms with van der Waals surface area (Å²) >= 11 is 0. The molecule has 0 saturated heterocycles. The van der Waals surface area contributed by atoms with Crippen LogP contribution in [0.25, 0.3) is 0 Å². The first-order valence-corrected chi connectivity index (χ1v) is 5.58. The SMILES string of the molecule is CCC(=O)CCC(C)CCC(C)C. The van der Waals surface area contributed by atoms with Crippen LogP contribution in [0.1, 0.15) is 59.8 Å². The van der Waals surface area contributed by atoms with Gasteiger partial charge in [-0.2, -0.15) is 0 Å². The minimum absolute atomic E-state index is 0.413. The molecule has 0 aromatic carbocycles. The lowest BCUT2D eigenvalue weighted by Gasteiger charge is -2.11. The van der Waals surface area contributed by atoms with Crippen LogP contribution in [0.3, 0.4) is 0 Å². The molecule has 0 aliphatic rings. The molecule has 13 heavy (non-hydrogen) atoms. The summed E-state index contributed by atoms with van der Waals surface area (Å²) in [6, 6.07) is 0. The van der Waals surface area contributed by atoms with Gasteiger partial charge in [0.25, 0.3) is 0 Å². The van der Waals surface area contributed by atoms with E-state index in [0.29, 0.717) is 12.2 Å². The monoisotopic (exact) mass is 184 g/mol. The normalized spacial score (nSPS) is 13.3. The molecule has 78 valence electrons. The molecule has 1 unspecified atom stereocenters. The average Bonchev–Trinajstić information content (AvgIpc) is 2.10. The molecule has 0 amide bonds. The second-order valence-corrected chi connectivity index (χ2v) is 4.51. The van der Waals surface area contributed by atoms with Gasteiger partial charge < -0.3 is 0 Å². The van der Waals surface area contributed by atoms with Crippen LogP contribution in [0.2, 0.25) is 0 Å². The Bertz CT molecular complexity index is 138. The van der Waals surface area contributed by atoms with Gasteiger partial charge in [0, 0.05) is 12.8 Å². The number of carbonyl (C=O) groups excluding carboxylic acids is 1. The fourth-order valence-corrected chi connectivity index (χ4v) is 1.35. The molecule has 0 heterocycles. The molecule has 0 aromatic heterocycles. The van der Waals surface area contributed by atoms with Crippen LogP contribution < -0.4 is 0 Å². The Morgan fingerprint density at radius 3 is 2.15 bits per heavy atom. The Labute approximate surface area is 82.9 Å². The van der Waals surface area contributed by atoms with Gasteiger partial charge in [0.05, 0.1) is 0 Å². The topological polar surface area (TPSA) is 17.1 Å². The summed E-state index contributed by atoms with van der Waals surface area (Å²) in [5, 5.41) is 0. The van der Waals surface area contributed by atoms with Gasteiger partial charge in [-0.25, -0.2) is 0 Å². The van der Waals surface area contributed by atoms with E-state index < -0.39 is 0 Å². The highest BCUT2D eigenvalue weighted by atomic mass is 16.1. The summed E-state index contributed by atoms with van der Waals surface area (Å²) < 4.78 is 0. The summed E-state index contributed by atoms with van der Waals surface area (Å²) in [4.78, 5) is 11.1. The predicted octanol–water partition coefficient (Wildman–Crippen LogP) is 3.82. The highest BCUT2D eigenvalue weighted by molar-refractivity contribution is 5.77. The van der Waals surface area contributed by atoms with E-state index in [1.54, 1.807) is 0 Å². The largest absolute Gasteiger partial charge is 0.300 e. The summed E-state index contributed by atoms with van der Waals surface area (Å²) in [6.07, 6.45) is 5.14. The lowest BCUT2D eigenvalue weighted by Crippen LogP contribution is -2.02. The van der Waals surface area contributed by atoms with Crippen molar-refractivity contribution in [2.45, 2.75) is 59.8 Å². The molecule has 0 aliphatic heterocycles. The van der Waals surface area contributed by atoms with Crippen LogP contribution in [0.15, 0.2) is 0 Å². The van der Waals surface area contributed by atoms with Crippen LogP contribution in [-0.4, -0.2) is 5.78 Å². The Balaban J connectivity index is 3.40. The first-order chi connectivity index (χ1) is 6.06. The van der Waals surface area contributed by atoms with Crippen LogP contribution >= 0.6 is 0 Å². The zero-order chi connectivity index (χ0) is 10.3. The number of ketones is 1. The molecular weight excluding hydrogens is 160 g/mol. The minimum Gasteiger partial charge on any atom is -0.300 e. The van der Waals surface area contributed by atoms with E-state index in [4.69, 9.17) is 0 Å². The number of hydrogen-bond acceptors (Lipinski definition) is 1. The third-order valence-electron chi connectivity index (χ3n) is 2.55. The van der Waals surface area contributed by atoms with Crippen LogP contribution in [0.5, 0.6) is 0 Å². The van der Waals surface area contributed by atoms with Gasteiger partial charge in [0.1, 0.15) is 5.78 Å². The first kappa shape index (κ1) is 12.7. The van der Waals surface area contributed by atoms with Crippen molar-refractivity contribution in [3.8, 4) is 0 Å². The van der Waals surface area contributed by atoms with E-state index in [1.165, 1.54) is 12.8 Å². The molecule has 0 aromatic rings. The average molecular weight is 184 g/mol. The molecule has 0 saturated carbocycles. The Hall–Kier alpha value is -0.330. The zero-order valence-electron chi connectivity index (χ0n) is 9.60. The molecule has 0 aliphatic carbocycles.